The van der Waals surface area contributed by atoms with Crippen LogP contribution >= 0.6 is 23.2 Å². The average molecular weight is 503 g/mol. The second-order valence-electron chi connectivity index (χ2n) is 8.19. The molecule has 5 nitrogen and oxygen atoms in total. The Kier molecular flexibility index (Phi) is 7.93. The van der Waals surface area contributed by atoms with E-state index in [-0.39, 0.29) is 17.6 Å². The molecule has 0 bridgehead atoms. The van der Waals surface area contributed by atoms with E-state index in [2.05, 4.69) is 10.2 Å². The van der Waals surface area contributed by atoms with Gasteiger partial charge in [0, 0.05) is 28.1 Å². The normalized spacial score (nSPS) is 14.6. The zero-order chi connectivity index (χ0) is 24.1. The largest absolute Gasteiger partial charge is 0.497 e. The van der Waals surface area contributed by atoms with Crippen molar-refractivity contribution in [3.05, 3.63) is 82.1 Å². The van der Waals surface area contributed by atoms with Crippen LogP contribution in [0, 0.1) is 11.7 Å². The van der Waals surface area contributed by atoms with Crippen LogP contribution in [0.1, 0.15) is 18.4 Å². The molecule has 1 aliphatic heterocycles. The molecule has 1 amide bonds. The number of halogens is 3. The number of ether oxygens (including phenoxy) is 2. The van der Waals surface area contributed by atoms with E-state index < -0.39 is 0 Å². The highest BCUT2D eigenvalue weighted by atomic mass is 35.5. The molecule has 34 heavy (non-hydrogen) atoms. The van der Waals surface area contributed by atoms with E-state index in [4.69, 9.17) is 32.7 Å². The summed E-state index contributed by atoms with van der Waals surface area (Å²) in [6, 6.07) is 17.0. The molecule has 0 aliphatic carbocycles. The molecule has 178 valence electrons. The van der Waals surface area contributed by atoms with Crippen molar-refractivity contribution in [2.75, 3.05) is 25.5 Å². The molecule has 0 aromatic heterocycles. The van der Waals surface area contributed by atoms with Crippen LogP contribution in [0.4, 0.5) is 10.1 Å². The quantitative estimate of drug-likeness (QED) is 0.386. The highest BCUT2D eigenvalue weighted by Gasteiger charge is 2.26. The molecule has 0 atom stereocenters. The number of hydrogen-bond acceptors (Lipinski definition) is 4. The number of carbonyl (C=O) groups is 1. The van der Waals surface area contributed by atoms with Gasteiger partial charge in [0.15, 0.2) is 5.75 Å². The Morgan fingerprint density at radius 1 is 1.00 bits per heavy atom. The minimum Gasteiger partial charge on any atom is -0.497 e. The molecular formula is C26H25Cl2FN2O3. The number of piperidine rings is 1. The summed E-state index contributed by atoms with van der Waals surface area (Å²) < 4.78 is 25.3. The van der Waals surface area contributed by atoms with Gasteiger partial charge in [-0.3, -0.25) is 9.69 Å². The molecule has 1 aliphatic rings. The minimum atomic E-state index is -0.308. The van der Waals surface area contributed by atoms with E-state index in [1.54, 1.807) is 61.7 Å². The first kappa shape index (κ1) is 24.3. The van der Waals surface area contributed by atoms with E-state index in [9.17, 15) is 9.18 Å². The smallest absolute Gasteiger partial charge is 0.227 e. The van der Waals surface area contributed by atoms with E-state index >= 15 is 0 Å². The molecule has 3 aromatic rings. The Bertz CT molecular complexity index is 1150. The third kappa shape index (κ3) is 6.20. The van der Waals surface area contributed by atoms with Gasteiger partial charge in [-0.15, -0.1) is 0 Å². The number of methoxy groups -OCH3 is 1. The maximum Gasteiger partial charge on any atom is 0.227 e. The lowest BCUT2D eigenvalue weighted by atomic mass is 9.95. The Hall–Kier alpha value is -2.80. The summed E-state index contributed by atoms with van der Waals surface area (Å²) in [5.41, 5.74) is 1.12. The maximum absolute atomic E-state index is 14.1. The van der Waals surface area contributed by atoms with Crippen molar-refractivity contribution in [1.82, 2.24) is 4.90 Å². The molecule has 8 heteroatoms. The van der Waals surface area contributed by atoms with Gasteiger partial charge in [-0.1, -0.05) is 29.3 Å². The van der Waals surface area contributed by atoms with Crippen molar-refractivity contribution in [2.45, 2.75) is 19.4 Å². The van der Waals surface area contributed by atoms with Gasteiger partial charge in [0.2, 0.25) is 5.91 Å². The number of nitrogens with one attached hydrogen (secondary N) is 1. The number of benzene rings is 3. The predicted molar refractivity (Wildman–Crippen MR) is 133 cm³/mol. The number of likely N-dealkylation sites (tertiary alicyclic amines) is 1. The Labute approximate surface area is 208 Å². The van der Waals surface area contributed by atoms with Gasteiger partial charge in [0.25, 0.3) is 0 Å². The molecular weight excluding hydrogens is 478 g/mol. The Morgan fingerprint density at radius 3 is 2.32 bits per heavy atom. The van der Waals surface area contributed by atoms with Gasteiger partial charge in [-0.2, -0.15) is 0 Å². The first-order chi connectivity index (χ1) is 16.4. The van der Waals surface area contributed by atoms with Gasteiger partial charge < -0.3 is 14.8 Å². The standard InChI is InChI=1S/C26H25Cl2FN2O3/c1-33-21-5-7-22(8-6-21)34-25-9-4-20(28)15-24(25)30-26(32)17-10-12-31(13-11-17)16-18-2-3-19(27)14-23(18)29/h2-9,14-15,17H,10-13,16H2,1H3,(H,30,32). The topological polar surface area (TPSA) is 50.8 Å². The highest BCUT2D eigenvalue weighted by Crippen LogP contribution is 2.33. The number of hydrogen-bond donors (Lipinski definition) is 1. The molecule has 3 aromatic carbocycles. The summed E-state index contributed by atoms with van der Waals surface area (Å²) in [6.45, 7) is 1.89. The van der Waals surface area contributed by atoms with Crippen LogP contribution in [0.15, 0.2) is 60.7 Å². The van der Waals surface area contributed by atoms with Crippen LogP contribution in [-0.4, -0.2) is 31.0 Å². The molecule has 0 spiro atoms. The Balaban J connectivity index is 1.36. The number of anilines is 1. The van der Waals surface area contributed by atoms with Crippen LogP contribution < -0.4 is 14.8 Å². The van der Waals surface area contributed by atoms with Crippen molar-refractivity contribution >= 4 is 34.8 Å². The molecule has 1 N–H and O–H groups in total. The lowest BCUT2D eigenvalue weighted by molar-refractivity contribution is -0.121. The van der Waals surface area contributed by atoms with Crippen LogP contribution in [0.25, 0.3) is 0 Å². The molecule has 1 heterocycles. The molecule has 4 rings (SSSR count). The minimum absolute atomic E-state index is 0.0841. The number of amides is 1. The number of carbonyl (C=O) groups excluding carboxylic acids is 1. The summed E-state index contributed by atoms with van der Waals surface area (Å²) in [6.07, 6.45) is 1.35. The fraction of sp³-hybridized carbons (Fsp3) is 0.269. The van der Waals surface area contributed by atoms with Crippen molar-refractivity contribution < 1.29 is 18.7 Å². The fourth-order valence-electron chi connectivity index (χ4n) is 3.94. The van der Waals surface area contributed by atoms with Crippen molar-refractivity contribution in [2.24, 2.45) is 5.92 Å². The monoisotopic (exact) mass is 502 g/mol. The summed E-state index contributed by atoms with van der Waals surface area (Å²) in [5.74, 6) is 1.29. The molecule has 0 radical (unpaired) electrons. The van der Waals surface area contributed by atoms with E-state index in [0.717, 1.165) is 5.75 Å². The molecule has 1 fully saturated rings. The highest BCUT2D eigenvalue weighted by molar-refractivity contribution is 6.31. The second kappa shape index (κ2) is 11.1. The van der Waals surface area contributed by atoms with Gasteiger partial charge >= 0.3 is 0 Å². The first-order valence-electron chi connectivity index (χ1n) is 11.0. The van der Waals surface area contributed by atoms with Crippen LogP contribution in [0.2, 0.25) is 10.0 Å². The van der Waals surface area contributed by atoms with Crippen LogP contribution in [0.5, 0.6) is 17.2 Å². The van der Waals surface area contributed by atoms with Crippen molar-refractivity contribution in [1.29, 1.82) is 0 Å². The lowest BCUT2D eigenvalue weighted by Gasteiger charge is -2.31. The van der Waals surface area contributed by atoms with Crippen LogP contribution in [0.3, 0.4) is 0 Å². The zero-order valence-corrected chi connectivity index (χ0v) is 20.2. The summed E-state index contributed by atoms with van der Waals surface area (Å²) in [4.78, 5) is 15.2. The van der Waals surface area contributed by atoms with Crippen LogP contribution in [-0.2, 0) is 11.3 Å². The molecule has 0 unspecified atom stereocenters. The van der Waals surface area contributed by atoms with Gasteiger partial charge in [0.05, 0.1) is 12.8 Å². The zero-order valence-electron chi connectivity index (χ0n) is 18.7. The van der Waals surface area contributed by atoms with Crippen molar-refractivity contribution in [3.63, 3.8) is 0 Å². The van der Waals surface area contributed by atoms with E-state index in [1.807, 2.05) is 0 Å². The number of rotatable bonds is 7. The predicted octanol–water partition coefficient (Wildman–Crippen LogP) is 6.78. The fourth-order valence-corrected chi connectivity index (χ4v) is 4.27. The molecule has 0 saturated carbocycles. The summed E-state index contributed by atoms with van der Waals surface area (Å²) in [7, 11) is 1.60. The number of nitrogens with zero attached hydrogens (tertiary/aromatic N) is 1. The summed E-state index contributed by atoms with van der Waals surface area (Å²) >= 11 is 12.0. The molecule has 1 saturated heterocycles. The van der Waals surface area contributed by atoms with Crippen molar-refractivity contribution in [3.8, 4) is 17.2 Å². The van der Waals surface area contributed by atoms with Gasteiger partial charge in [-0.05, 0) is 80.5 Å². The average Bonchev–Trinajstić information content (AvgIpc) is 2.83. The third-order valence-electron chi connectivity index (χ3n) is 5.85. The Morgan fingerprint density at radius 2 is 1.65 bits per heavy atom. The van der Waals surface area contributed by atoms with Gasteiger partial charge in [-0.25, -0.2) is 4.39 Å². The first-order valence-corrected chi connectivity index (χ1v) is 11.8. The maximum atomic E-state index is 14.1. The SMILES string of the molecule is COc1ccc(Oc2ccc(Cl)cc2NC(=O)C2CCN(Cc3ccc(Cl)cc3F)CC2)cc1. The van der Waals surface area contributed by atoms with E-state index in [1.165, 1.54) is 6.07 Å². The second-order valence-corrected chi connectivity index (χ2v) is 9.07. The summed E-state index contributed by atoms with van der Waals surface area (Å²) in [5, 5.41) is 3.86. The lowest BCUT2D eigenvalue weighted by Crippen LogP contribution is -2.38. The van der Waals surface area contributed by atoms with Gasteiger partial charge in [0.1, 0.15) is 17.3 Å². The van der Waals surface area contributed by atoms with E-state index in [0.29, 0.717) is 65.3 Å². The third-order valence-corrected chi connectivity index (χ3v) is 6.32.